The molecule has 11 nitrogen and oxygen atoms in total. The van der Waals surface area contributed by atoms with Crippen LogP contribution in [0.1, 0.15) is 12.7 Å². The number of halogens is 8. The standard InChI is InChI=1S/C18H12F8N8O3S/c1-2-38(35,36)14-12(9-5-28-11(6-27-9)37-7-16(19,20)18(24,25)26)13-30-10(3-4-33(13)31-14)34-8-29-15(32-34)17(21,22)23/h3-6,8H,2,7H2,1H3. The van der Waals surface area contributed by atoms with Gasteiger partial charge in [-0.25, -0.2) is 37.6 Å². The van der Waals surface area contributed by atoms with E-state index in [0.29, 0.717) is 10.9 Å². The molecule has 0 aliphatic heterocycles. The molecule has 38 heavy (non-hydrogen) atoms. The van der Waals surface area contributed by atoms with Gasteiger partial charge in [0.15, 0.2) is 32.9 Å². The van der Waals surface area contributed by atoms with Gasteiger partial charge in [0, 0.05) is 12.3 Å². The fraction of sp³-hybridized carbons (Fsp3) is 0.333. The minimum absolute atomic E-state index is 0.218. The topological polar surface area (TPSA) is 130 Å². The van der Waals surface area contributed by atoms with Crippen molar-refractivity contribution in [3.63, 3.8) is 0 Å². The van der Waals surface area contributed by atoms with E-state index < -0.39 is 57.2 Å². The molecule has 0 fully saturated rings. The Morgan fingerprint density at radius 1 is 0.974 bits per heavy atom. The summed E-state index contributed by atoms with van der Waals surface area (Å²) in [7, 11) is -4.07. The number of ether oxygens (including phenoxy) is 1. The summed E-state index contributed by atoms with van der Waals surface area (Å²) in [4.78, 5) is 14.7. The Labute approximate surface area is 206 Å². The largest absolute Gasteiger partial charge is 0.470 e. The first kappa shape index (κ1) is 27.1. The molecule has 0 unspecified atom stereocenters. The molecule has 0 N–H and O–H groups in total. The molecule has 4 aromatic heterocycles. The van der Waals surface area contributed by atoms with Crippen molar-refractivity contribution in [3.8, 4) is 23.0 Å². The van der Waals surface area contributed by atoms with Crippen molar-refractivity contribution in [1.29, 1.82) is 0 Å². The van der Waals surface area contributed by atoms with Gasteiger partial charge in [-0.3, -0.25) is 0 Å². The summed E-state index contributed by atoms with van der Waals surface area (Å²) in [5, 5.41) is 6.68. The van der Waals surface area contributed by atoms with Gasteiger partial charge in [-0.05, 0) is 0 Å². The monoisotopic (exact) mass is 572 g/mol. The molecule has 0 amide bonds. The van der Waals surface area contributed by atoms with E-state index in [2.05, 4.69) is 34.9 Å². The molecule has 204 valence electrons. The average molecular weight is 572 g/mol. The highest BCUT2D eigenvalue weighted by molar-refractivity contribution is 7.91. The van der Waals surface area contributed by atoms with Crippen molar-refractivity contribution in [3.05, 3.63) is 36.8 Å². The molecule has 0 spiro atoms. The van der Waals surface area contributed by atoms with Gasteiger partial charge in [0.2, 0.25) is 5.88 Å². The molecule has 4 heterocycles. The van der Waals surface area contributed by atoms with E-state index in [1.165, 1.54) is 19.2 Å². The van der Waals surface area contributed by atoms with Crippen molar-refractivity contribution in [2.45, 2.75) is 30.2 Å². The summed E-state index contributed by atoms with van der Waals surface area (Å²) in [5.41, 5.74) is -0.768. The van der Waals surface area contributed by atoms with Gasteiger partial charge in [0.05, 0.1) is 29.4 Å². The van der Waals surface area contributed by atoms with Gasteiger partial charge in [-0.2, -0.15) is 40.2 Å². The number of rotatable bonds is 7. The van der Waals surface area contributed by atoms with Gasteiger partial charge in [-0.1, -0.05) is 6.92 Å². The zero-order valence-corrected chi connectivity index (χ0v) is 19.4. The van der Waals surface area contributed by atoms with Crippen LogP contribution in [0.25, 0.3) is 22.7 Å². The SMILES string of the molecule is CCS(=O)(=O)c1nn2ccc(-n3cnc(C(F)(F)F)n3)nc2c1-c1cnc(OCC(F)(F)C(F)(F)F)cn1. The van der Waals surface area contributed by atoms with E-state index in [9.17, 15) is 43.5 Å². The quantitative estimate of drug-likeness (QED) is 0.307. The van der Waals surface area contributed by atoms with Crippen LogP contribution in [0.15, 0.2) is 36.0 Å². The van der Waals surface area contributed by atoms with E-state index in [4.69, 9.17) is 0 Å². The highest BCUT2D eigenvalue weighted by atomic mass is 32.2. The molecular weight excluding hydrogens is 560 g/mol. The predicted octanol–water partition coefficient (Wildman–Crippen LogP) is 3.16. The van der Waals surface area contributed by atoms with E-state index >= 15 is 0 Å². The van der Waals surface area contributed by atoms with E-state index in [-0.39, 0.29) is 22.7 Å². The van der Waals surface area contributed by atoms with Crippen LogP contribution in [-0.4, -0.2) is 72.2 Å². The van der Waals surface area contributed by atoms with Crippen LogP contribution in [0.4, 0.5) is 35.1 Å². The van der Waals surface area contributed by atoms with Crippen LogP contribution in [0.3, 0.4) is 0 Å². The highest BCUT2D eigenvalue weighted by Crippen LogP contribution is 2.36. The van der Waals surface area contributed by atoms with Crippen LogP contribution in [0, 0.1) is 0 Å². The summed E-state index contributed by atoms with van der Waals surface area (Å²) in [6.45, 7) is -0.779. The van der Waals surface area contributed by atoms with Crippen LogP contribution in [0.2, 0.25) is 0 Å². The Kier molecular flexibility index (Phi) is 6.48. The molecule has 0 saturated carbocycles. The van der Waals surface area contributed by atoms with Crippen molar-refractivity contribution < 1.29 is 48.3 Å². The molecule has 4 aromatic rings. The second-order valence-corrected chi connectivity index (χ2v) is 9.57. The van der Waals surface area contributed by atoms with E-state index in [1.54, 1.807) is 0 Å². The third-order valence-electron chi connectivity index (χ3n) is 4.79. The highest BCUT2D eigenvalue weighted by Gasteiger charge is 2.58. The van der Waals surface area contributed by atoms with E-state index in [1.807, 2.05) is 0 Å². The van der Waals surface area contributed by atoms with Gasteiger partial charge >= 0.3 is 18.3 Å². The predicted molar refractivity (Wildman–Crippen MR) is 108 cm³/mol. The lowest BCUT2D eigenvalue weighted by Crippen LogP contribution is -2.41. The zero-order chi connectivity index (χ0) is 28.1. The smallest absolute Gasteiger partial charge is 0.456 e. The number of sulfone groups is 1. The van der Waals surface area contributed by atoms with Crippen LogP contribution in [0.5, 0.6) is 5.88 Å². The number of hydrogen-bond acceptors (Lipinski definition) is 9. The maximum absolute atomic E-state index is 13.1. The number of fused-ring (bicyclic) bond motifs is 1. The number of hydrogen-bond donors (Lipinski definition) is 0. The summed E-state index contributed by atoms with van der Waals surface area (Å²) >= 11 is 0. The summed E-state index contributed by atoms with van der Waals surface area (Å²) in [5.74, 6) is -8.02. The number of nitrogens with zero attached hydrogens (tertiary/aromatic N) is 8. The molecule has 0 radical (unpaired) electrons. The van der Waals surface area contributed by atoms with Gasteiger partial charge in [0.25, 0.3) is 5.82 Å². The normalized spacial score (nSPS) is 13.3. The maximum Gasteiger partial charge on any atom is 0.456 e. The first-order valence-electron chi connectivity index (χ1n) is 10.0. The minimum atomic E-state index is -5.87. The lowest BCUT2D eigenvalue weighted by Gasteiger charge is -2.19. The molecule has 4 rings (SSSR count). The third kappa shape index (κ3) is 5.07. The zero-order valence-electron chi connectivity index (χ0n) is 18.5. The van der Waals surface area contributed by atoms with Crippen LogP contribution < -0.4 is 4.74 Å². The Morgan fingerprint density at radius 2 is 1.68 bits per heavy atom. The second kappa shape index (κ2) is 9.10. The van der Waals surface area contributed by atoms with Crippen LogP contribution in [-0.2, 0) is 16.0 Å². The molecule has 0 atom stereocenters. The second-order valence-electron chi connectivity index (χ2n) is 7.38. The van der Waals surface area contributed by atoms with Crippen molar-refractivity contribution in [2.75, 3.05) is 12.4 Å². The van der Waals surface area contributed by atoms with E-state index in [0.717, 1.165) is 17.0 Å². The number of alkyl halides is 8. The first-order chi connectivity index (χ1) is 17.5. The fourth-order valence-electron chi connectivity index (χ4n) is 2.88. The van der Waals surface area contributed by atoms with Gasteiger partial charge in [-0.15, -0.1) is 5.10 Å². The molecule has 0 aromatic carbocycles. The molecule has 0 aliphatic carbocycles. The van der Waals surface area contributed by atoms with Gasteiger partial charge < -0.3 is 4.74 Å². The molecule has 0 bridgehead atoms. The Morgan fingerprint density at radius 3 is 2.24 bits per heavy atom. The molecule has 0 saturated heterocycles. The van der Waals surface area contributed by atoms with Crippen LogP contribution >= 0.6 is 0 Å². The first-order valence-corrected chi connectivity index (χ1v) is 11.7. The van der Waals surface area contributed by atoms with Gasteiger partial charge in [0.1, 0.15) is 6.33 Å². The Bertz CT molecular complexity index is 1580. The van der Waals surface area contributed by atoms with Crippen molar-refractivity contribution in [2.24, 2.45) is 0 Å². The molecular formula is C18H12F8N8O3S. The van der Waals surface area contributed by atoms with Crippen molar-refractivity contribution >= 4 is 15.5 Å². The third-order valence-corrected chi connectivity index (χ3v) is 6.43. The van der Waals surface area contributed by atoms with Crippen molar-refractivity contribution in [1.82, 2.24) is 39.3 Å². The maximum atomic E-state index is 13.1. The molecule has 0 aliphatic rings. The summed E-state index contributed by atoms with van der Waals surface area (Å²) in [6, 6.07) is 1.17. The number of aromatic nitrogens is 8. The Hall–Kier alpha value is -3.97. The lowest BCUT2D eigenvalue weighted by molar-refractivity contribution is -0.290. The minimum Gasteiger partial charge on any atom is -0.470 e. The fourth-order valence-corrected chi connectivity index (χ4v) is 3.87. The average Bonchev–Trinajstić information content (AvgIpc) is 3.48. The Balaban J connectivity index is 1.77. The summed E-state index contributed by atoms with van der Waals surface area (Å²) < 4.78 is 133. The lowest BCUT2D eigenvalue weighted by atomic mass is 10.2. The molecule has 20 heteroatoms. The summed E-state index contributed by atoms with van der Waals surface area (Å²) in [6.07, 6.45) is -7.32.